The molecule has 0 radical (unpaired) electrons. The third-order valence-corrected chi connectivity index (χ3v) is 3.36. The van der Waals surface area contributed by atoms with E-state index in [9.17, 15) is 9.50 Å². The van der Waals surface area contributed by atoms with E-state index < -0.39 is 0 Å². The molecular formula is C15H14FNO. The van der Waals surface area contributed by atoms with Crippen molar-refractivity contribution in [3.63, 3.8) is 0 Å². The van der Waals surface area contributed by atoms with Crippen molar-refractivity contribution in [3.8, 4) is 5.75 Å². The maximum Gasteiger partial charge on any atom is 0.123 e. The average molecular weight is 243 g/mol. The molecule has 18 heavy (non-hydrogen) atoms. The van der Waals surface area contributed by atoms with Gasteiger partial charge in [0, 0.05) is 6.54 Å². The second-order valence-electron chi connectivity index (χ2n) is 4.58. The van der Waals surface area contributed by atoms with Crippen molar-refractivity contribution in [2.75, 3.05) is 6.54 Å². The first kappa shape index (κ1) is 11.2. The first-order valence-corrected chi connectivity index (χ1v) is 6.05. The van der Waals surface area contributed by atoms with Gasteiger partial charge in [0.25, 0.3) is 0 Å². The van der Waals surface area contributed by atoms with Crippen LogP contribution in [0.5, 0.6) is 5.75 Å². The Bertz CT molecular complexity index is 582. The minimum atomic E-state index is -0.222. The quantitative estimate of drug-likeness (QED) is 0.807. The molecule has 0 aliphatic carbocycles. The molecule has 0 spiro atoms. The predicted octanol–water partition coefficient (Wildman–Crippen LogP) is 2.77. The first-order valence-electron chi connectivity index (χ1n) is 6.05. The smallest absolute Gasteiger partial charge is 0.123 e. The van der Waals surface area contributed by atoms with Gasteiger partial charge in [0.1, 0.15) is 11.6 Å². The number of hydrogen-bond donors (Lipinski definition) is 2. The van der Waals surface area contributed by atoms with Crippen LogP contribution in [0.3, 0.4) is 0 Å². The lowest BCUT2D eigenvalue weighted by molar-refractivity contribution is 0.471. The van der Waals surface area contributed by atoms with Crippen LogP contribution in [0.2, 0.25) is 0 Å². The highest BCUT2D eigenvalue weighted by molar-refractivity contribution is 5.43. The van der Waals surface area contributed by atoms with E-state index in [2.05, 4.69) is 5.32 Å². The van der Waals surface area contributed by atoms with E-state index in [-0.39, 0.29) is 17.6 Å². The standard InChI is InChI=1S/C15H14FNO/c16-12-3-1-2-11(8-12)15-14-5-4-13(18)9-10(14)6-7-17-15/h1-5,8-9,15,17-18H,6-7H2/t15-/m1/s1. The van der Waals surface area contributed by atoms with Crippen LogP contribution in [0.25, 0.3) is 0 Å². The van der Waals surface area contributed by atoms with Crippen molar-refractivity contribution in [2.45, 2.75) is 12.5 Å². The highest BCUT2D eigenvalue weighted by atomic mass is 19.1. The Morgan fingerprint density at radius 2 is 2.06 bits per heavy atom. The number of halogens is 1. The monoisotopic (exact) mass is 243 g/mol. The Morgan fingerprint density at radius 3 is 2.89 bits per heavy atom. The van der Waals surface area contributed by atoms with E-state index in [1.54, 1.807) is 24.3 Å². The van der Waals surface area contributed by atoms with Gasteiger partial charge in [-0.1, -0.05) is 18.2 Å². The van der Waals surface area contributed by atoms with Crippen molar-refractivity contribution in [1.82, 2.24) is 5.32 Å². The van der Waals surface area contributed by atoms with Crippen molar-refractivity contribution in [2.24, 2.45) is 0 Å². The summed E-state index contributed by atoms with van der Waals surface area (Å²) in [6.07, 6.45) is 0.884. The number of phenols is 1. The van der Waals surface area contributed by atoms with Crippen molar-refractivity contribution in [1.29, 1.82) is 0 Å². The number of benzene rings is 2. The Hall–Kier alpha value is -1.87. The molecule has 0 amide bonds. The van der Waals surface area contributed by atoms with Gasteiger partial charge >= 0.3 is 0 Å². The van der Waals surface area contributed by atoms with Gasteiger partial charge in [0.15, 0.2) is 0 Å². The van der Waals surface area contributed by atoms with Crippen molar-refractivity contribution >= 4 is 0 Å². The molecule has 92 valence electrons. The maximum atomic E-state index is 13.3. The summed E-state index contributed by atoms with van der Waals surface area (Å²) in [4.78, 5) is 0. The second kappa shape index (κ2) is 4.42. The third kappa shape index (κ3) is 1.97. The van der Waals surface area contributed by atoms with E-state index in [0.717, 1.165) is 29.7 Å². The van der Waals surface area contributed by atoms with Crippen LogP contribution >= 0.6 is 0 Å². The van der Waals surface area contributed by atoms with E-state index in [4.69, 9.17) is 0 Å². The average Bonchev–Trinajstić information content (AvgIpc) is 2.37. The zero-order chi connectivity index (χ0) is 12.5. The molecule has 3 rings (SSSR count). The van der Waals surface area contributed by atoms with E-state index in [1.165, 1.54) is 6.07 Å². The lowest BCUT2D eigenvalue weighted by Gasteiger charge is -2.27. The molecule has 1 heterocycles. The Labute approximate surface area is 105 Å². The molecule has 2 aromatic carbocycles. The highest BCUT2D eigenvalue weighted by Crippen LogP contribution is 2.30. The molecular weight excluding hydrogens is 229 g/mol. The largest absolute Gasteiger partial charge is 0.508 e. The zero-order valence-corrected chi connectivity index (χ0v) is 9.86. The molecule has 0 aromatic heterocycles. The van der Waals surface area contributed by atoms with Crippen LogP contribution in [-0.4, -0.2) is 11.7 Å². The summed E-state index contributed by atoms with van der Waals surface area (Å²) in [6.45, 7) is 0.831. The molecule has 0 saturated carbocycles. The van der Waals surface area contributed by atoms with Crippen molar-refractivity contribution in [3.05, 3.63) is 65.0 Å². The molecule has 2 nitrogen and oxygen atoms in total. The fourth-order valence-electron chi connectivity index (χ4n) is 2.53. The predicted molar refractivity (Wildman–Crippen MR) is 68.1 cm³/mol. The Morgan fingerprint density at radius 1 is 1.17 bits per heavy atom. The van der Waals surface area contributed by atoms with Gasteiger partial charge < -0.3 is 10.4 Å². The minimum absolute atomic E-state index is 0.00468. The number of aromatic hydroxyl groups is 1. The Kier molecular flexibility index (Phi) is 2.76. The summed E-state index contributed by atoms with van der Waals surface area (Å²) in [5, 5.41) is 12.9. The van der Waals surface area contributed by atoms with Gasteiger partial charge in [-0.2, -0.15) is 0 Å². The molecule has 0 unspecified atom stereocenters. The zero-order valence-electron chi connectivity index (χ0n) is 9.86. The van der Waals surface area contributed by atoms with Crippen molar-refractivity contribution < 1.29 is 9.50 Å². The van der Waals surface area contributed by atoms with Crippen LogP contribution < -0.4 is 5.32 Å². The van der Waals surface area contributed by atoms with E-state index >= 15 is 0 Å². The van der Waals surface area contributed by atoms with Gasteiger partial charge in [-0.3, -0.25) is 0 Å². The highest BCUT2D eigenvalue weighted by Gasteiger charge is 2.21. The molecule has 1 aliphatic heterocycles. The molecule has 3 heteroatoms. The van der Waals surface area contributed by atoms with Crippen LogP contribution in [0, 0.1) is 5.82 Å². The number of phenolic OH excluding ortho intramolecular Hbond substituents is 1. The summed E-state index contributed by atoms with van der Waals surface area (Å²) in [6, 6.07) is 12.0. The Balaban J connectivity index is 2.06. The SMILES string of the molecule is Oc1ccc2c(c1)CCN[C@@H]2c1cccc(F)c1. The number of rotatable bonds is 1. The van der Waals surface area contributed by atoms with E-state index in [1.807, 2.05) is 12.1 Å². The van der Waals surface area contributed by atoms with Gasteiger partial charge in [-0.25, -0.2) is 4.39 Å². The summed E-state index contributed by atoms with van der Waals surface area (Å²) >= 11 is 0. The molecule has 1 atom stereocenters. The van der Waals surface area contributed by atoms with Crippen LogP contribution in [0.4, 0.5) is 4.39 Å². The first-order chi connectivity index (χ1) is 8.74. The van der Waals surface area contributed by atoms with Gasteiger partial charge in [-0.05, 0) is 47.4 Å². The second-order valence-corrected chi connectivity index (χ2v) is 4.58. The molecule has 0 bridgehead atoms. The van der Waals surface area contributed by atoms with Gasteiger partial charge in [-0.15, -0.1) is 0 Å². The normalized spacial score (nSPS) is 18.4. The van der Waals surface area contributed by atoms with Crippen LogP contribution in [0.15, 0.2) is 42.5 Å². The fourth-order valence-corrected chi connectivity index (χ4v) is 2.53. The molecule has 2 aromatic rings. The summed E-state index contributed by atoms with van der Waals surface area (Å²) in [5.41, 5.74) is 3.16. The molecule has 1 aliphatic rings. The summed E-state index contributed by atoms with van der Waals surface area (Å²) in [5.74, 6) is 0.0637. The number of hydrogen-bond acceptors (Lipinski definition) is 2. The number of fused-ring (bicyclic) bond motifs is 1. The van der Waals surface area contributed by atoms with Crippen LogP contribution in [0.1, 0.15) is 22.7 Å². The van der Waals surface area contributed by atoms with Crippen LogP contribution in [-0.2, 0) is 6.42 Å². The number of nitrogens with one attached hydrogen (secondary N) is 1. The summed E-state index contributed by atoms with van der Waals surface area (Å²) < 4.78 is 13.3. The topological polar surface area (TPSA) is 32.3 Å². The van der Waals surface area contributed by atoms with E-state index in [0.29, 0.717) is 0 Å². The maximum absolute atomic E-state index is 13.3. The molecule has 2 N–H and O–H groups in total. The summed E-state index contributed by atoms with van der Waals surface area (Å²) in [7, 11) is 0. The lowest BCUT2D eigenvalue weighted by Crippen LogP contribution is -2.30. The molecule has 0 fully saturated rings. The van der Waals surface area contributed by atoms with Gasteiger partial charge in [0.05, 0.1) is 6.04 Å². The fraction of sp³-hybridized carbons (Fsp3) is 0.200. The minimum Gasteiger partial charge on any atom is -0.508 e. The lowest BCUT2D eigenvalue weighted by atomic mass is 9.90. The molecule has 0 saturated heterocycles. The third-order valence-electron chi connectivity index (χ3n) is 3.36. The van der Waals surface area contributed by atoms with Gasteiger partial charge in [0.2, 0.25) is 0 Å².